The molecular weight excluding hydrogens is 605 g/mol. The van der Waals surface area contributed by atoms with Crippen molar-refractivity contribution in [1.29, 1.82) is 0 Å². The van der Waals surface area contributed by atoms with Gasteiger partial charge < -0.3 is 25.8 Å². The Morgan fingerprint density at radius 2 is 1.52 bits per heavy atom. The highest BCUT2D eigenvalue weighted by Gasteiger charge is 2.46. The van der Waals surface area contributed by atoms with Crippen molar-refractivity contribution >= 4 is 58.2 Å². The summed E-state index contributed by atoms with van der Waals surface area (Å²) in [5.74, 6) is -2.74. The first-order chi connectivity index (χ1) is 19.9. The number of ketones is 1. The minimum absolute atomic E-state index is 0.122. The van der Waals surface area contributed by atoms with E-state index in [1.54, 1.807) is 42.5 Å². The number of halogens is 3. The highest BCUT2D eigenvalue weighted by atomic mass is 35.5. The Balaban J connectivity index is 1.32. The van der Waals surface area contributed by atoms with Crippen molar-refractivity contribution in [3.8, 4) is 5.75 Å². The maximum atomic E-state index is 13.1. The maximum Gasteiger partial charge on any atom is 0.336 e. The second-order valence-corrected chi connectivity index (χ2v) is 11.8. The van der Waals surface area contributed by atoms with Gasteiger partial charge in [-0.15, -0.1) is 0 Å². The van der Waals surface area contributed by atoms with Gasteiger partial charge >= 0.3 is 11.9 Å². The normalized spacial score (nSPS) is 20.3. The number of hydrogen-bond donors (Lipinski definition) is 4. The monoisotopic (exact) mass is 629 g/mol. The molecule has 2 saturated carbocycles. The number of rotatable bonds is 10. The third-order valence-corrected chi connectivity index (χ3v) is 8.71. The Morgan fingerprint density at radius 3 is 2.10 bits per heavy atom. The van der Waals surface area contributed by atoms with Crippen LogP contribution in [0.3, 0.4) is 0 Å². The number of nitrogens with two attached hydrogens (primary N) is 1. The summed E-state index contributed by atoms with van der Waals surface area (Å²) in [6.07, 6.45) is 2.06. The summed E-state index contributed by atoms with van der Waals surface area (Å²) >= 11 is 19.2. The first-order valence-electron chi connectivity index (χ1n) is 13.1. The highest BCUT2D eigenvalue weighted by molar-refractivity contribution is 6.37. The zero-order valence-electron chi connectivity index (χ0n) is 22.1. The van der Waals surface area contributed by atoms with Crippen LogP contribution in [-0.2, 0) is 10.4 Å². The van der Waals surface area contributed by atoms with E-state index in [2.05, 4.69) is 0 Å². The number of aromatic carboxylic acids is 2. The maximum absolute atomic E-state index is 13.1. The molecule has 8 nitrogen and oxygen atoms in total. The van der Waals surface area contributed by atoms with Crippen LogP contribution in [0.2, 0.25) is 15.1 Å². The van der Waals surface area contributed by atoms with E-state index in [0.717, 1.165) is 12.8 Å². The van der Waals surface area contributed by atoms with Crippen LogP contribution in [-0.4, -0.2) is 39.6 Å². The molecule has 0 aromatic heterocycles. The largest absolute Gasteiger partial charge is 0.489 e. The van der Waals surface area contributed by atoms with E-state index in [0.29, 0.717) is 32.5 Å². The second-order valence-electron chi connectivity index (χ2n) is 10.6. The van der Waals surface area contributed by atoms with Crippen molar-refractivity contribution < 1.29 is 34.4 Å². The molecule has 0 aliphatic heterocycles. The predicted molar refractivity (Wildman–Crippen MR) is 158 cm³/mol. The molecule has 3 aromatic rings. The SMILES string of the molecule is NC(=C(COc1ccc(C2(O)CC(c3ccc(C(=O)O)c(C(=O)O)c3)C2)c(Cl)c1)C(=O)C1CC1)c1c(Cl)cccc1Cl. The van der Waals surface area contributed by atoms with Crippen LogP contribution in [0.25, 0.3) is 5.70 Å². The number of ether oxygens (including phenoxy) is 1. The van der Waals surface area contributed by atoms with Gasteiger partial charge in [-0.3, -0.25) is 4.79 Å². The van der Waals surface area contributed by atoms with Gasteiger partial charge in [-0.25, -0.2) is 9.59 Å². The Bertz CT molecular complexity index is 1620. The van der Waals surface area contributed by atoms with E-state index in [-0.39, 0.29) is 64.5 Å². The van der Waals surface area contributed by atoms with Crippen molar-refractivity contribution in [2.75, 3.05) is 6.61 Å². The molecule has 0 bridgehead atoms. The second kappa shape index (κ2) is 11.6. The lowest BCUT2D eigenvalue weighted by Crippen LogP contribution is -2.40. The summed E-state index contributed by atoms with van der Waals surface area (Å²) in [7, 11) is 0. The summed E-state index contributed by atoms with van der Waals surface area (Å²) < 4.78 is 5.93. The van der Waals surface area contributed by atoms with E-state index in [4.69, 9.17) is 45.3 Å². The smallest absolute Gasteiger partial charge is 0.336 e. The summed E-state index contributed by atoms with van der Waals surface area (Å²) in [5, 5.41) is 30.9. The van der Waals surface area contributed by atoms with E-state index in [1.165, 1.54) is 12.1 Å². The van der Waals surface area contributed by atoms with Gasteiger partial charge in [0.2, 0.25) is 0 Å². The van der Waals surface area contributed by atoms with Gasteiger partial charge in [0.05, 0.1) is 43.1 Å². The van der Waals surface area contributed by atoms with Crippen LogP contribution in [0.5, 0.6) is 5.75 Å². The fraction of sp³-hybridized carbons (Fsp3) is 0.258. The van der Waals surface area contributed by atoms with E-state index < -0.39 is 17.5 Å². The van der Waals surface area contributed by atoms with Crippen molar-refractivity contribution in [2.24, 2.45) is 11.7 Å². The number of benzene rings is 3. The zero-order valence-corrected chi connectivity index (χ0v) is 24.3. The van der Waals surface area contributed by atoms with Crippen molar-refractivity contribution in [2.45, 2.75) is 37.2 Å². The van der Waals surface area contributed by atoms with Crippen LogP contribution in [0, 0.1) is 5.92 Å². The van der Waals surface area contributed by atoms with Gasteiger partial charge in [-0.2, -0.15) is 0 Å². The number of Topliss-reactive ketones (excluding diaryl/α,β-unsaturated/α-hetero) is 1. The number of hydrogen-bond acceptors (Lipinski definition) is 6. The molecule has 5 rings (SSSR count). The molecule has 11 heteroatoms. The number of carbonyl (C=O) groups is 3. The molecule has 0 heterocycles. The molecule has 0 saturated heterocycles. The average molecular weight is 631 g/mol. The van der Waals surface area contributed by atoms with Crippen LogP contribution in [0.4, 0.5) is 0 Å². The Hall–Kier alpha value is -3.56. The van der Waals surface area contributed by atoms with Gasteiger partial charge in [0.25, 0.3) is 0 Å². The minimum Gasteiger partial charge on any atom is -0.489 e. The summed E-state index contributed by atoms with van der Waals surface area (Å²) in [4.78, 5) is 36.0. The number of carbonyl (C=O) groups excluding carboxylic acids is 1. The fourth-order valence-electron chi connectivity index (χ4n) is 5.29. The molecular formula is C31H26Cl3NO7. The quantitative estimate of drug-likeness (QED) is 0.185. The van der Waals surface area contributed by atoms with Gasteiger partial charge in [-0.05, 0) is 73.6 Å². The third-order valence-electron chi connectivity index (χ3n) is 7.77. The molecule has 0 unspecified atom stereocenters. The topological polar surface area (TPSA) is 147 Å². The summed E-state index contributed by atoms with van der Waals surface area (Å²) in [6, 6.07) is 14.0. The van der Waals surface area contributed by atoms with Crippen molar-refractivity contribution in [3.05, 3.63) is 103 Å². The van der Waals surface area contributed by atoms with Crippen LogP contribution in [0.1, 0.15) is 69.0 Å². The van der Waals surface area contributed by atoms with Crippen molar-refractivity contribution in [1.82, 2.24) is 0 Å². The lowest BCUT2D eigenvalue weighted by Gasteiger charge is -2.45. The van der Waals surface area contributed by atoms with Crippen molar-refractivity contribution in [3.63, 3.8) is 0 Å². The molecule has 0 spiro atoms. The molecule has 218 valence electrons. The highest BCUT2D eigenvalue weighted by Crippen LogP contribution is 2.53. The van der Waals surface area contributed by atoms with E-state index in [1.807, 2.05) is 0 Å². The molecule has 0 amide bonds. The van der Waals surface area contributed by atoms with Gasteiger partial charge in [0.1, 0.15) is 12.4 Å². The number of carboxylic acid groups (broad SMARTS) is 2. The summed E-state index contributed by atoms with van der Waals surface area (Å²) in [5.41, 5.74) is 6.42. The van der Waals surface area contributed by atoms with Crippen LogP contribution in [0.15, 0.2) is 60.2 Å². The lowest BCUT2D eigenvalue weighted by atomic mass is 9.64. The first kappa shape index (κ1) is 29.9. The zero-order chi connectivity index (χ0) is 30.3. The van der Waals surface area contributed by atoms with E-state index in [9.17, 15) is 29.7 Å². The Labute approximate surface area is 256 Å². The van der Waals surface area contributed by atoms with Crippen LogP contribution < -0.4 is 10.5 Å². The number of aliphatic hydroxyl groups is 1. The predicted octanol–water partition coefficient (Wildman–Crippen LogP) is 6.54. The fourth-order valence-corrected chi connectivity index (χ4v) is 6.24. The number of carboxylic acids is 2. The standard InChI is InChI=1S/C31H26Cl3NO7/c32-23-2-1-3-24(33)26(23)27(35)21(28(36)15-4-5-15)14-42-18-7-9-22(25(34)11-18)31(41)12-17(13-31)16-6-8-19(29(37)38)20(10-16)30(39)40/h1-3,6-11,15,17,41H,4-5,12-14,35H2,(H,37,38)(H,39,40). The minimum atomic E-state index is -1.34. The average Bonchev–Trinajstić information content (AvgIpc) is 3.76. The molecule has 5 N–H and O–H groups in total. The van der Waals surface area contributed by atoms with Gasteiger partial charge in [0, 0.05) is 17.0 Å². The third kappa shape index (κ3) is 5.85. The molecule has 2 fully saturated rings. The molecule has 2 aliphatic carbocycles. The van der Waals surface area contributed by atoms with E-state index >= 15 is 0 Å². The van der Waals surface area contributed by atoms with Crippen LogP contribution >= 0.6 is 34.8 Å². The molecule has 0 atom stereocenters. The van der Waals surface area contributed by atoms with Gasteiger partial charge in [-0.1, -0.05) is 53.0 Å². The Morgan fingerprint density at radius 1 is 0.881 bits per heavy atom. The first-order valence-corrected chi connectivity index (χ1v) is 14.3. The Kier molecular flexibility index (Phi) is 8.27. The molecule has 42 heavy (non-hydrogen) atoms. The van der Waals surface area contributed by atoms with Gasteiger partial charge in [0.15, 0.2) is 5.78 Å². The molecule has 3 aromatic carbocycles. The summed E-state index contributed by atoms with van der Waals surface area (Å²) in [6.45, 7) is -0.136. The lowest BCUT2D eigenvalue weighted by molar-refractivity contribution is -0.117. The molecule has 0 radical (unpaired) electrons. The molecule has 2 aliphatic rings.